The Morgan fingerprint density at radius 2 is 2.00 bits per heavy atom. The van der Waals surface area contributed by atoms with E-state index in [1.807, 2.05) is 20.8 Å². The first-order valence-corrected chi connectivity index (χ1v) is 6.79. The number of carbonyl (C=O) groups excluding carboxylic acids is 2. The van der Waals surface area contributed by atoms with Crippen molar-refractivity contribution < 1.29 is 19.1 Å². The summed E-state index contributed by atoms with van der Waals surface area (Å²) >= 11 is 0. The lowest BCUT2D eigenvalue weighted by molar-refractivity contribution is -0.164. The normalized spacial score (nSPS) is 32.9. The highest BCUT2D eigenvalue weighted by atomic mass is 16.6. The molecule has 2 unspecified atom stereocenters. The SMILES string of the molecule is CCC1C2=C(CC(C)(C)CC2=O)OC1(C)C(=O)OC. The summed E-state index contributed by atoms with van der Waals surface area (Å²) in [5.74, 6) is 0.213. The summed E-state index contributed by atoms with van der Waals surface area (Å²) in [5, 5.41) is 0. The molecule has 2 atom stereocenters. The average molecular weight is 266 g/mol. The van der Waals surface area contributed by atoms with Gasteiger partial charge in [0.2, 0.25) is 5.60 Å². The van der Waals surface area contributed by atoms with Crippen LogP contribution < -0.4 is 0 Å². The Bertz CT molecular complexity index is 461. The van der Waals surface area contributed by atoms with E-state index in [0.29, 0.717) is 25.0 Å². The first kappa shape index (κ1) is 14.1. The van der Waals surface area contributed by atoms with Crippen LogP contribution in [0.5, 0.6) is 0 Å². The summed E-state index contributed by atoms with van der Waals surface area (Å²) in [6.07, 6.45) is 1.91. The Balaban J connectivity index is 2.42. The van der Waals surface area contributed by atoms with E-state index in [2.05, 4.69) is 0 Å². The summed E-state index contributed by atoms with van der Waals surface area (Å²) in [7, 11) is 1.35. The fourth-order valence-corrected chi connectivity index (χ4v) is 3.34. The van der Waals surface area contributed by atoms with Gasteiger partial charge in [-0.3, -0.25) is 4.79 Å². The number of hydrogen-bond donors (Lipinski definition) is 0. The van der Waals surface area contributed by atoms with Crippen molar-refractivity contribution in [2.75, 3.05) is 7.11 Å². The predicted octanol–water partition coefficient (Wildman–Crippen LogP) is 2.62. The van der Waals surface area contributed by atoms with E-state index in [-0.39, 0.29) is 17.1 Å². The van der Waals surface area contributed by atoms with Crippen LogP contribution in [0.25, 0.3) is 0 Å². The summed E-state index contributed by atoms with van der Waals surface area (Å²) in [5.41, 5.74) is -0.436. The monoisotopic (exact) mass is 266 g/mol. The smallest absolute Gasteiger partial charge is 0.350 e. The molecule has 2 rings (SSSR count). The van der Waals surface area contributed by atoms with Gasteiger partial charge < -0.3 is 9.47 Å². The minimum atomic E-state index is -1.05. The molecular weight excluding hydrogens is 244 g/mol. The second-order valence-electron chi connectivity index (χ2n) is 6.44. The molecule has 0 aromatic rings. The number of Topliss-reactive ketones (excluding diaryl/α,β-unsaturated/α-hetero) is 1. The van der Waals surface area contributed by atoms with Gasteiger partial charge in [-0.05, 0) is 18.8 Å². The largest absolute Gasteiger partial charge is 0.479 e. The van der Waals surface area contributed by atoms with Gasteiger partial charge >= 0.3 is 5.97 Å². The number of esters is 1. The summed E-state index contributed by atoms with van der Waals surface area (Å²) < 4.78 is 10.8. The number of methoxy groups -OCH3 is 1. The molecule has 1 heterocycles. The van der Waals surface area contributed by atoms with Gasteiger partial charge in [0.25, 0.3) is 0 Å². The zero-order chi connectivity index (χ0) is 14.4. The molecular formula is C15H22O4. The maximum absolute atomic E-state index is 12.4. The van der Waals surface area contributed by atoms with E-state index in [0.717, 1.165) is 5.57 Å². The molecule has 0 radical (unpaired) electrons. The molecule has 0 saturated heterocycles. The maximum atomic E-state index is 12.4. The molecule has 0 spiro atoms. The van der Waals surface area contributed by atoms with Crippen molar-refractivity contribution in [2.45, 2.75) is 52.6 Å². The lowest BCUT2D eigenvalue weighted by atomic mass is 9.72. The quantitative estimate of drug-likeness (QED) is 0.721. The molecule has 1 aliphatic heterocycles. The van der Waals surface area contributed by atoms with Crippen LogP contribution in [0.2, 0.25) is 0 Å². The van der Waals surface area contributed by atoms with Crippen LogP contribution in [0.4, 0.5) is 0 Å². The molecule has 2 aliphatic rings. The lowest BCUT2D eigenvalue weighted by Gasteiger charge is -2.29. The van der Waals surface area contributed by atoms with Crippen LogP contribution in [-0.4, -0.2) is 24.5 Å². The molecule has 19 heavy (non-hydrogen) atoms. The van der Waals surface area contributed by atoms with Crippen molar-refractivity contribution in [3.8, 4) is 0 Å². The zero-order valence-electron chi connectivity index (χ0n) is 12.3. The number of hydrogen-bond acceptors (Lipinski definition) is 4. The molecule has 106 valence electrons. The van der Waals surface area contributed by atoms with Crippen LogP contribution in [-0.2, 0) is 19.1 Å². The molecule has 0 aromatic carbocycles. The van der Waals surface area contributed by atoms with Crippen molar-refractivity contribution >= 4 is 11.8 Å². The zero-order valence-corrected chi connectivity index (χ0v) is 12.3. The van der Waals surface area contributed by atoms with E-state index >= 15 is 0 Å². The highest BCUT2D eigenvalue weighted by molar-refractivity contribution is 6.00. The number of rotatable bonds is 2. The van der Waals surface area contributed by atoms with Crippen molar-refractivity contribution in [3.05, 3.63) is 11.3 Å². The molecule has 0 fully saturated rings. The molecule has 4 nitrogen and oxygen atoms in total. The molecule has 0 N–H and O–H groups in total. The van der Waals surface area contributed by atoms with Crippen molar-refractivity contribution in [2.24, 2.45) is 11.3 Å². The number of ether oxygens (including phenoxy) is 2. The maximum Gasteiger partial charge on any atom is 0.350 e. The number of carbonyl (C=O) groups is 2. The molecule has 0 bridgehead atoms. The highest BCUT2D eigenvalue weighted by Gasteiger charge is 2.55. The molecule has 4 heteroatoms. The van der Waals surface area contributed by atoms with Crippen LogP contribution in [0, 0.1) is 11.3 Å². The highest BCUT2D eigenvalue weighted by Crippen LogP contribution is 2.50. The Hall–Kier alpha value is -1.32. The molecule has 0 aromatic heterocycles. The van der Waals surface area contributed by atoms with Crippen LogP contribution >= 0.6 is 0 Å². The summed E-state index contributed by atoms with van der Waals surface area (Å²) in [6.45, 7) is 7.80. The van der Waals surface area contributed by atoms with Gasteiger partial charge in [-0.2, -0.15) is 0 Å². The Kier molecular flexibility index (Phi) is 3.23. The van der Waals surface area contributed by atoms with Crippen molar-refractivity contribution in [1.82, 2.24) is 0 Å². The lowest BCUT2D eigenvalue weighted by Crippen LogP contribution is -2.43. The fraction of sp³-hybridized carbons (Fsp3) is 0.733. The van der Waals surface area contributed by atoms with Gasteiger partial charge in [-0.1, -0.05) is 20.8 Å². The van der Waals surface area contributed by atoms with Crippen molar-refractivity contribution in [3.63, 3.8) is 0 Å². The third-order valence-electron chi connectivity index (χ3n) is 4.23. The first-order valence-electron chi connectivity index (χ1n) is 6.79. The molecule has 1 aliphatic carbocycles. The predicted molar refractivity (Wildman–Crippen MR) is 70.3 cm³/mol. The second kappa shape index (κ2) is 4.36. The average Bonchev–Trinajstić information content (AvgIpc) is 2.59. The van der Waals surface area contributed by atoms with Crippen LogP contribution in [0.3, 0.4) is 0 Å². The van der Waals surface area contributed by atoms with Gasteiger partial charge in [-0.25, -0.2) is 4.79 Å². The Morgan fingerprint density at radius 3 is 2.53 bits per heavy atom. The van der Waals surface area contributed by atoms with E-state index in [4.69, 9.17) is 9.47 Å². The third kappa shape index (κ3) is 2.07. The topological polar surface area (TPSA) is 52.6 Å². The van der Waals surface area contributed by atoms with Gasteiger partial charge in [0, 0.05) is 24.3 Å². The van der Waals surface area contributed by atoms with Gasteiger partial charge in [0.1, 0.15) is 5.76 Å². The third-order valence-corrected chi connectivity index (χ3v) is 4.23. The van der Waals surface area contributed by atoms with Gasteiger partial charge in [0.15, 0.2) is 5.78 Å². The molecule has 0 amide bonds. The van der Waals surface area contributed by atoms with E-state index in [9.17, 15) is 9.59 Å². The van der Waals surface area contributed by atoms with Crippen LogP contribution in [0.15, 0.2) is 11.3 Å². The van der Waals surface area contributed by atoms with Crippen molar-refractivity contribution in [1.29, 1.82) is 0 Å². The Morgan fingerprint density at radius 1 is 1.37 bits per heavy atom. The van der Waals surface area contributed by atoms with E-state index in [1.165, 1.54) is 7.11 Å². The minimum Gasteiger partial charge on any atom is -0.479 e. The fourth-order valence-electron chi connectivity index (χ4n) is 3.34. The first-order chi connectivity index (χ1) is 8.75. The van der Waals surface area contributed by atoms with Gasteiger partial charge in [-0.15, -0.1) is 0 Å². The second-order valence-corrected chi connectivity index (χ2v) is 6.44. The van der Waals surface area contributed by atoms with Crippen LogP contribution in [0.1, 0.15) is 47.0 Å². The molecule has 0 saturated carbocycles. The summed E-state index contributed by atoms with van der Waals surface area (Å²) in [4.78, 5) is 24.4. The van der Waals surface area contributed by atoms with E-state index in [1.54, 1.807) is 6.92 Å². The minimum absolute atomic E-state index is 0.102. The summed E-state index contributed by atoms with van der Waals surface area (Å²) in [6, 6.07) is 0. The van der Waals surface area contributed by atoms with Gasteiger partial charge in [0.05, 0.1) is 7.11 Å². The standard InChI is InChI=1S/C15H22O4/c1-6-9-12-10(16)7-14(2,3)8-11(12)19-15(9,4)13(17)18-5/h9H,6-8H2,1-5H3. The van der Waals surface area contributed by atoms with E-state index < -0.39 is 11.6 Å². The Labute approximate surface area is 114 Å². The number of ketones is 1. The number of allylic oxidation sites excluding steroid dienone is 1.